The van der Waals surface area contributed by atoms with Crippen LogP contribution in [0.2, 0.25) is 0 Å². The molecule has 0 aliphatic rings. The number of hydrogen-bond donors (Lipinski definition) is 0. The van der Waals surface area contributed by atoms with Crippen molar-refractivity contribution in [2.75, 3.05) is 4.90 Å². The lowest BCUT2D eigenvalue weighted by atomic mass is 9.99. The zero-order valence-electron chi connectivity index (χ0n) is 24.4. The van der Waals surface area contributed by atoms with Crippen LogP contribution < -0.4 is 4.90 Å². The number of para-hydroxylation sites is 2. The van der Waals surface area contributed by atoms with Crippen molar-refractivity contribution in [2.45, 2.75) is 0 Å². The number of rotatable bonds is 5. The minimum absolute atomic E-state index is 0.884. The van der Waals surface area contributed by atoms with Crippen molar-refractivity contribution in [3.05, 3.63) is 164 Å². The molecule has 0 aliphatic carbocycles. The Morgan fingerprint density at radius 1 is 0.422 bits per heavy atom. The average Bonchev–Trinajstić information content (AvgIpc) is 3.69. The van der Waals surface area contributed by atoms with E-state index in [-0.39, 0.29) is 0 Å². The molecule has 9 aromatic rings. The molecule has 2 nitrogen and oxygen atoms in total. The topological polar surface area (TPSA) is 16.4 Å². The van der Waals surface area contributed by atoms with Crippen molar-refractivity contribution in [3.63, 3.8) is 0 Å². The fourth-order valence-electron chi connectivity index (χ4n) is 6.53. The minimum Gasteiger partial charge on any atom is -0.454 e. The first-order valence-corrected chi connectivity index (χ1v) is 16.0. The van der Waals surface area contributed by atoms with Crippen LogP contribution in [0.5, 0.6) is 0 Å². The van der Waals surface area contributed by atoms with Gasteiger partial charge in [0.15, 0.2) is 5.58 Å². The van der Waals surface area contributed by atoms with Gasteiger partial charge in [-0.1, -0.05) is 127 Å². The Balaban J connectivity index is 1.26. The number of thiophene rings is 1. The molecule has 0 spiro atoms. The Morgan fingerprint density at radius 2 is 1.02 bits per heavy atom. The van der Waals surface area contributed by atoms with Gasteiger partial charge in [-0.2, -0.15) is 0 Å². The van der Waals surface area contributed by atoms with Gasteiger partial charge in [-0.05, 0) is 58.7 Å². The lowest BCUT2D eigenvalue weighted by Gasteiger charge is -2.26. The van der Waals surface area contributed by atoms with E-state index in [4.69, 9.17) is 4.42 Å². The molecular weight excluding hydrogens is 567 g/mol. The normalized spacial score (nSPS) is 11.6. The second kappa shape index (κ2) is 10.5. The molecule has 0 N–H and O–H groups in total. The van der Waals surface area contributed by atoms with E-state index in [1.807, 2.05) is 17.4 Å². The Hall–Kier alpha value is -5.64. The Kier molecular flexibility index (Phi) is 6.03. The van der Waals surface area contributed by atoms with Gasteiger partial charge < -0.3 is 9.32 Å². The van der Waals surface area contributed by atoms with Gasteiger partial charge in [-0.3, -0.25) is 0 Å². The molecule has 0 bridgehead atoms. The van der Waals surface area contributed by atoms with Crippen LogP contribution in [0.3, 0.4) is 0 Å². The molecule has 0 atom stereocenters. The second-order valence-electron chi connectivity index (χ2n) is 11.3. The third-order valence-electron chi connectivity index (χ3n) is 8.68. The van der Waals surface area contributed by atoms with Gasteiger partial charge in [0.25, 0.3) is 0 Å². The van der Waals surface area contributed by atoms with E-state index in [1.165, 1.54) is 36.9 Å². The highest BCUT2D eigenvalue weighted by Crippen LogP contribution is 2.47. The number of furan rings is 1. The molecule has 2 aromatic heterocycles. The quantitative estimate of drug-likeness (QED) is 0.197. The predicted octanol–water partition coefficient (Wildman–Crippen LogP) is 12.8. The zero-order chi connectivity index (χ0) is 29.7. The van der Waals surface area contributed by atoms with Gasteiger partial charge in [-0.25, -0.2) is 0 Å². The Morgan fingerprint density at radius 3 is 1.87 bits per heavy atom. The summed E-state index contributed by atoms with van der Waals surface area (Å²) in [6.07, 6.45) is 0. The fraction of sp³-hybridized carbons (Fsp3) is 0. The van der Waals surface area contributed by atoms with Crippen molar-refractivity contribution in [3.8, 4) is 22.3 Å². The first kappa shape index (κ1) is 25.8. The van der Waals surface area contributed by atoms with Gasteiger partial charge in [0.2, 0.25) is 0 Å². The van der Waals surface area contributed by atoms with Crippen LogP contribution >= 0.6 is 11.3 Å². The third kappa shape index (κ3) is 4.32. The standard InChI is InChI=1S/C42H27NOS/c1-2-11-28(12-3-1)29-23-25-30(26-24-29)31-13-8-14-32(27-31)43(37-19-9-17-35-33-15-4-6-21-39(33)44-41(35)37)38-20-10-18-36-34-16-5-7-22-40(34)45-42(36)38/h1-27H. The van der Waals surface area contributed by atoms with E-state index in [0.29, 0.717) is 0 Å². The summed E-state index contributed by atoms with van der Waals surface area (Å²) in [6.45, 7) is 0. The van der Waals surface area contributed by atoms with Crippen molar-refractivity contribution >= 4 is 70.5 Å². The number of nitrogens with zero attached hydrogens (tertiary/aromatic N) is 1. The summed E-state index contributed by atoms with van der Waals surface area (Å²) in [5, 5.41) is 4.79. The molecule has 45 heavy (non-hydrogen) atoms. The van der Waals surface area contributed by atoms with E-state index < -0.39 is 0 Å². The molecule has 9 rings (SSSR count). The second-order valence-corrected chi connectivity index (χ2v) is 12.4. The zero-order valence-corrected chi connectivity index (χ0v) is 25.2. The minimum atomic E-state index is 0.884. The lowest BCUT2D eigenvalue weighted by molar-refractivity contribution is 0.669. The van der Waals surface area contributed by atoms with E-state index in [2.05, 4.69) is 163 Å². The predicted molar refractivity (Wildman–Crippen MR) is 192 cm³/mol. The van der Waals surface area contributed by atoms with Crippen molar-refractivity contribution in [1.82, 2.24) is 0 Å². The number of hydrogen-bond acceptors (Lipinski definition) is 3. The highest BCUT2D eigenvalue weighted by Gasteiger charge is 2.22. The molecule has 0 fully saturated rings. The van der Waals surface area contributed by atoms with Crippen LogP contribution in [0.15, 0.2) is 168 Å². The summed E-state index contributed by atoms with van der Waals surface area (Å²) in [6, 6.07) is 58.4. The molecule has 0 saturated carbocycles. The summed E-state index contributed by atoms with van der Waals surface area (Å²) in [7, 11) is 0. The summed E-state index contributed by atoms with van der Waals surface area (Å²) < 4.78 is 9.15. The third-order valence-corrected chi connectivity index (χ3v) is 9.89. The maximum atomic E-state index is 6.61. The molecule has 0 amide bonds. The van der Waals surface area contributed by atoms with E-state index >= 15 is 0 Å². The number of fused-ring (bicyclic) bond motifs is 6. The summed E-state index contributed by atoms with van der Waals surface area (Å²) in [4.78, 5) is 2.38. The first-order chi connectivity index (χ1) is 22.3. The first-order valence-electron chi connectivity index (χ1n) is 15.2. The highest BCUT2D eigenvalue weighted by atomic mass is 32.1. The van der Waals surface area contributed by atoms with Gasteiger partial charge in [0, 0.05) is 31.9 Å². The summed E-state index contributed by atoms with van der Waals surface area (Å²) in [5.41, 5.74) is 9.79. The SMILES string of the molecule is c1ccc(-c2ccc(-c3cccc(N(c4cccc5c4oc4ccccc45)c4cccc5c4sc4ccccc45)c3)cc2)cc1. The maximum absolute atomic E-state index is 6.61. The van der Waals surface area contributed by atoms with Crippen molar-refractivity contribution < 1.29 is 4.42 Å². The maximum Gasteiger partial charge on any atom is 0.159 e. The van der Waals surface area contributed by atoms with Gasteiger partial charge >= 0.3 is 0 Å². The largest absolute Gasteiger partial charge is 0.454 e. The summed E-state index contributed by atoms with van der Waals surface area (Å²) in [5.74, 6) is 0. The van der Waals surface area contributed by atoms with Crippen LogP contribution in [0, 0.1) is 0 Å². The monoisotopic (exact) mass is 593 g/mol. The van der Waals surface area contributed by atoms with Gasteiger partial charge in [0.05, 0.1) is 16.1 Å². The van der Waals surface area contributed by atoms with Crippen LogP contribution in [-0.4, -0.2) is 0 Å². The van der Waals surface area contributed by atoms with Crippen LogP contribution in [0.25, 0.3) is 64.4 Å². The molecule has 2 heterocycles. The smallest absolute Gasteiger partial charge is 0.159 e. The highest BCUT2D eigenvalue weighted by molar-refractivity contribution is 7.26. The Bertz CT molecular complexity index is 2370. The molecule has 0 saturated heterocycles. The number of anilines is 3. The molecular formula is C42H27NOS. The van der Waals surface area contributed by atoms with E-state index in [1.54, 1.807) is 0 Å². The molecule has 3 heteroatoms. The van der Waals surface area contributed by atoms with E-state index in [9.17, 15) is 0 Å². The average molecular weight is 594 g/mol. The molecule has 7 aromatic carbocycles. The van der Waals surface area contributed by atoms with Crippen molar-refractivity contribution in [2.24, 2.45) is 0 Å². The molecule has 0 aliphatic heterocycles. The fourth-order valence-corrected chi connectivity index (χ4v) is 7.74. The molecule has 212 valence electrons. The van der Waals surface area contributed by atoms with Crippen LogP contribution in [0.1, 0.15) is 0 Å². The van der Waals surface area contributed by atoms with Crippen LogP contribution in [0.4, 0.5) is 17.1 Å². The molecule has 0 unspecified atom stereocenters. The van der Waals surface area contributed by atoms with Crippen molar-refractivity contribution in [1.29, 1.82) is 0 Å². The van der Waals surface area contributed by atoms with E-state index in [0.717, 1.165) is 44.6 Å². The number of benzene rings is 7. The Labute approximate surface area is 265 Å². The van der Waals surface area contributed by atoms with Gasteiger partial charge in [0.1, 0.15) is 5.58 Å². The summed E-state index contributed by atoms with van der Waals surface area (Å²) >= 11 is 1.84. The van der Waals surface area contributed by atoms with Crippen LogP contribution in [-0.2, 0) is 0 Å². The van der Waals surface area contributed by atoms with Gasteiger partial charge in [-0.15, -0.1) is 11.3 Å². The molecule has 0 radical (unpaired) electrons. The lowest BCUT2D eigenvalue weighted by Crippen LogP contribution is -2.10.